The van der Waals surface area contributed by atoms with Gasteiger partial charge in [0.05, 0.1) is 0 Å². The van der Waals surface area contributed by atoms with Crippen molar-refractivity contribution in [1.82, 2.24) is 5.32 Å². The predicted octanol–water partition coefficient (Wildman–Crippen LogP) is 4.24. The van der Waals surface area contributed by atoms with Gasteiger partial charge >= 0.3 is 0 Å². The summed E-state index contributed by atoms with van der Waals surface area (Å²) in [6.45, 7) is 5.69. The van der Waals surface area contributed by atoms with Gasteiger partial charge in [-0.3, -0.25) is 0 Å². The van der Waals surface area contributed by atoms with Gasteiger partial charge in [-0.2, -0.15) is 11.3 Å². The third kappa shape index (κ3) is 6.29. The van der Waals surface area contributed by atoms with E-state index in [-0.39, 0.29) is 0 Å². The Morgan fingerprint density at radius 3 is 2.88 bits per heavy atom. The van der Waals surface area contributed by atoms with Gasteiger partial charge < -0.3 is 5.32 Å². The van der Waals surface area contributed by atoms with Gasteiger partial charge in [-0.15, -0.1) is 0 Å². The molecule has 0 fully saturated rings. The lowest BCUT2D eigenvalue weighted by Crippen LogP contribution is -2.27. The van der Waals surface area contributed by atoms with Crippen molar-refractivity contribution in [3.63, 3.8) is 0 Å². The number of nitrogens with one attached hydrogen (secondary N) is 1. The monoisotopic (exact) mass is 239 g/mol. The van der Waals surface area contributed by atoms with Crippen molar-refractivity contribution in [2.45, 2.75) is 58.4 Å². The lowest BCUT2D eigenvalue weighted by Gasteiger charge is -2.13. The van der Waals surface area contributed by atoms with Crippen molar-refractivity contribution in [2.24, 2.45) is 0 Å². The molecule has 1 N–H and O–H groups in total. The Labute approximate surface area is 104 Å². The van der Waals surface area contributed by atoms with E-state index in [0.29, 0.717) is 6.04 Å². The maximum atomic E-state index is 3.60. The molecule has 1 atom stereocenters. The molecule has 0 saturated heterocycles. The molecule has 1 rings (SSSR count). The molecule has 1 unspecified atom stereocenters. The van der Waals surface area contributed by atoms with Crippen LogP contribution in [0.3, 0.4) is 0 Å². The predicted molar refractivity (Wildman–Crippen MR) is 74.2 cm³/mol. The smallest absolute Gasteiger partial charge is 0.00388 e. The van der Waals surface area contributed by atoms with Crippen LogP contribution < -0.4 is 5.32 Å². The van der Waals surface area contributed by atoms with Crippen molar-refractivity contribution in [2.75, 3.05) is 6.54 Å². The maximum absolute atomic E-state index is 3.60. The Hall–Kier alpha value is -0.340. The van der Waals surface area contributed by atoms with Crippen LogP contribution in [0, 0.1) is 0 Å². The number of thiophene rings is 1. The Morgan fingerprint density at radius 2 is 2.19 bits per heavy atom. The average Bonchev–Trinajstić information content (AvgIpc) is 2.77. The molecule has 1 aromatic rings. The highest BCUT2D eigenvalue weighted by Gasteiger charge is 2.00. The molecule has 0 aliphatic heterocycles. The van der Waals surface area contributed by atoms with E-state index in [4.69, 9.17) is 0 Å². The van der Waals surface area contributed by atoms with Crippen LogP contribution in [0.4, 0.5) is 0 Å². The van der Waals surface area contributed by atoms with Gasteiger partial charge in [-0.25, -0.2) is 0 Å². The first-order valence-electron chi connectivity index (χ1n) is 6.57. The summed E-state index contributed by atoms with van der Waals surface area (Å²) < 4.78 is 0. The van der Waals surface area contributed by atoms with Crippen molar-refractivity contribution in [1.29, 1.82) is 0 Å². The fraction of sp³-hybridized carbons (Fsp3) is 0.714. The normalized spacial score (nSPS) is 12.9. The molecule has 2 heteroatoms. The quantitative estimate of drug-likeness (QED) is 0.636. The maximum Gasteiger partial charge on any atom is 0.00388 e. The zero-order valence-electron chi connectivity index (χ0n) is 10.7. The molecule has 0 aliphatic rings. The molecule has 1 heterocycles. The van der Waals surface area contributed by atoms with Crippen LogP contribution in [0.25, 0.3) is 0 Å². The Balaban J connectivity index is 1.95. The van der Waals surface area contributed by atoms with E-state index in [1.807, 2.05) is 0 Å². The van der Waals surface area contributed by atoms with E-state index in [2.05, 4.69) is 36.0 Å². The van der Waals surface area contributed by atoms with E-state index >= 15 is 0 Å². The molecule has 1 aromatic heterocycles. The van der Waals surface area contributed by atoms with Gasteiger partial charge in [0.15, 0.2) is 0 Å². The zero-order chi connectivity index (χ0) is 11.6. The zero-order valence-corrected chi connectivity index (χ0v) is 11.5. The molecular formula is C14H25NS. The average molecular weight is 239 g/mol. The molecule has 0 bridgehead atoms. The lowest BCUT2D eigenvalue weighted by molar-refractivity contribution is 0.486. The van der Waals surface area contributed by atoms with Crippen molar-refractivity contribution in [3.8, 4) is 0 Å². The number of hydrogen-bond donors (Lipinski definition) is 1. The summed E-state index contributed by atoms with van der Waals surface area (Å²) in [6, 6.07) is 2.90. The first-order valence-corrected chi connectivity index (χ1v) is 7.51. The fourth-order valence-corrected chi connectivity index (χ4v) is 2.58. The second-order valence-corrected chi connectivity index (χ2v) is 5.37. The Morgan fingerprint density at radius 1 is 1.31 bits per heavy atom. The third-order valence-electron chi connectivity index (χ3n) is 2.98. The lowest BCUT2D eigenvalue weighted by atomic mass is 10.1. The highest BCUT2D eigenvalue weighted by Crippen LogP contribution is 2.07. The van der Waals surface area contributed by atoms with Gasteiger partial charge in [0.25, 0.3) is 0 Å². The van der Waals surface area contributed by atoms with Crippen molar-refractivity contribution >= 4 is 11.3 Å². The van der Waals surface area contributed by atoms with Crippen LogP contribution >= 0.6 is 11.3 Å². The summed E-state index contributed by atoms with van der Waals surface area (Å²) in [5.74, 6) is 0. The molecule has 0 radical (unpaired) electrons. The summed E-state index contributed by atoms with van der Waals surface area (Å²) in [4.78, 5) is 0. The van der Waals surface area contributed by atoms with Crippen LogP contribution in [0.2, 0.25) is 0 Å². The molecule has 92 valence electrons. The van der Waals surface area contributed by atoms with E-state index in [1.165, 1.54) is 44.1 Å². The van der Waals surface area contributed by atoms with Crippen molar-refractivity contribution < 1.29 is 0 Å². The summed E-state index contributed by atoms with van der Waals surface area (Å²) >= 11 is 1.79. The molecular weight excluding hydrogens is 214 g/mol. The minimum Gasteiger partial charge on any atom is -0.314 e. The highest BCUT2D eigenvalue weighted by molar-refractivity contribution is 7.07. The van der Waals surface area contributed by atoms with Crippen LogP contribution in [0.5, 0.6) is 0 Å². The standard InChI is InChI=1S/C14H25NS/c1-3-4-5-6-7-13(2)15-10-8-14-9-11-16-12-14/h9,11-13,15H,3-8,10H2,1-2H3. The Bertz CT molecular complexity index is 243. The van der Waals surface area contributed by atoms with E-state index in [1.54, 1.807) is 11.3 Å². The van der Waals surface area contributed by atoms with Gasteiger partial charge in [-0.1, -0.05) is 32.6 Å². The molecule has 0 aliphatic carbocycles. The van der Waals surface area contributed by atoms with Gasteiger partial charge in [0.2, 0.25) is 0 Å². The van der Waals surface area contributed by atoms with E-state index in [0.717, 1.165) is 6.54 Å². The first kappa shape index (κ1) is 13.7. The molecule has 16 heavy (non-hydrogen) atoms. The molecule has 0 saturated carbocycles. The van der Waals surface area contributed by atoms with Gasteiger partial charge in [-0.05, 0) is 48.7 Å². The SMILES string of the molecule is CCCCCCC(C)NCCc1ccsc1. The first-order chi connectivity index (χ1) is 7.83. The van der Waals surface area contributed by atoms with Crippen LogP contribution in [-0.2, 0) is 6.42 Å². The summed E-state index contributed by atoms with van der Waals surface area (Å²) in [6.07, 6.45) is 7.99. The molecule has 0 aromatic carbocycles. The van der Waals surface area contributed by atoms with Gasteiger partial charge in [0.1, 0.15) is 0 Å². The summed E-state index contributed by atoms with van der Waals surface area (Å²) in [5.41, 5.74) is 1.47. The number of rotatable bonds is 9. The second kappa shape index (κ2) is 8.77. The number of hydrogen-bond acceptors (Lipinski definition) is 2. The molecule has 0 spiro atoms. The number of unbranched alkanes of at least 4 members (excludes halogenated alkanes) is 3. The summed E-state index contributed by atoms with van der Waals surface area (Å²) in [5, 5.41) is 8.00. The molecule has 0 amide bonds. The van der Waals surface area contributed by atoms with Crippen LogP contribution in [0.15, 0.2) is 16.8 Å². The van der Waals surface area contributed by atoms with Gasteiger partial charge in [0, 0.05) is 6.04 Å². The summed E-state index contributed by atoms with van der Waals surface area (Å²) in [7, 11) is 0. The van der Waals surface area contributed by atoms with E-state index < -0.39 is 0 Å². The third-order valence-corrected chi connectivity index (χ3v) is 3.71. The fourth-order valence-electron chi connectivity index (χ4n) is 1.88. The highest BCUT2D eigenvalue weighted by atomic mass is 32.1. The topological polar surface area (TPSA) is 12.0 Å². The molecule has 1 nitrogen and oxygen atoms in total. The van der Waals surface area contributed by atoms with Crippen LogP contribution in [0.1, 0.15) is 51.5 Å². The minimum atomic E-state index is 0.676. The minimum absolute atomic E-state index is 0.676. The largest absolute Gasteiger partial charge is 0.314 e. The van der Waals surface area contributed by atoms with E-state index in [9.17, 15) is 0 Å². The second-order valence-electron chi connectivity index (χ2n) is 4.59. The Kier molecular flexibility index (Phi) is 7.52. The van der Waals surface area contributed by atoms with Crippen molar-refractivity contribution in [3.05, 3.63) is 22.4 Å². The van der Waals surface area contributed by atoms with Crippen LogP contribution in [-0.4, -0.2) is 12.6 Å².